The van der Waals surface area contributed by atoms with Crippen LogP contribution in [0.15, 0.2) is 36.5 Å². The summed E-state index contributed by atoms with van der Waals surface area (Å²) < 4.78 is 6.25. The second-order valence-corrected chi connectivity index (χ2v) is 8.80. The number of aryl methyl sites for hydroxylation is 3. The second-order valence-electron chi connectivity index (χ2n) is 8.80. The van der Waals surface area contributed by atoms with Crippen molar-refractivity contribution in [2.45, 2.75) is 39.0 Å². The molecule has 0 saturated carbocycles. The third kappa shape index (κ3) is 2.72. The maximum atomic E-state index is 13.5. The number of hydrogen-bond donors (Lipinski definition) is 1. The van der Waals surface area contributed by atoms with Crippen LogP contribution >= 0.6 is 0 Å². The molecule has 4 atom stereocenters. The summed E-state index contributed by atoms with van der Waals surface area (Å²) in [6, 6.07) is 6.03. The molecule has 1 spiro atoms. The van der Waals surface area contributed by atoms with Crippen molar-refractivity contribution in [3.8, 4) is 0 Å². The maximum Gasteiger partial charge on any atom is 0.234 e. The second kappa shape index (κ2) is 6.54. The molecule has 1 N–H and O–H groups in total. The number of aromatic nitrogens is 2. The van der Waals surface area contributed by atoms with E-state index >= 15 is 0 Å². The van der Waals surface area contributed by atoms with E-state index < -0.39 is 17.4 Å². The molecule has 4 heterocycles. The topological polar surface area (TPSA) is 78.5 Å². The Morgan fingerprint density at radius 2 is 2.13 bits per heavy atom. The number of carbonyl (C=O) groups excluding carboxylic acids is 2. The Balaban J connectivity index is 1.42. The molecule has 0 aliphatic carbocycles. The van der Waals surface area contributed by atoms with Crippen LogP contribution in [0.4, 0.5) is 5.69 Å². The molecule has 2 fully saturated rings. The highest BCUT2D eigenvalue weighted by molar-refractivity contribution is 6.03. The summed E-state index contributed by atoms with van der Waals surface area (Å²) in [7, 11) is 1.75. The molecule has 7 nitrogen and oxygen atoms in total. The van der Waals surface area contributed by atoms with Gasteiger partial charge in [0.1, 0.15) is 11.4 Å². The Morgan fingerprint density at radius 1 is 1.33 bits per heavy atom. The number of amides is 2. The van der Waals surface area contributed by atoms with Crippen molar-refractivity contribution in [2.24, 2.45) is 11.8 Å². The number of rotatable bonds is 4. The number of benzene rings is 1. The summed E-state index contributed by atoms with van der Waals surface area (Å²) in [6.07, 6.45) is 5.32. The predicted octanol–water partition coefficient (Wildman–Crippen LogP) is 2.28. The van der Waals surface area contributed by atoms with Crippen LogP contribution in [-0.2, 0) is 20.9 Å². The molecular weight excluding hydrogens is 380 g/mol. The summed E-state index contributed by atoms with van der Waals surface area (Å²) >= 11 is 0. The smallest absolute Gasteiger partial charge is 0.234 e. The molecule has 2 bridgehead atoms. The largest absolute Gasteiger partial charge is 0.360 e. The first-order chi connectivity index (χ1) is 14.3. The van der Waals surface area contributed by atoms with E-state index in [2.05, 4.69) is 16.9 Å². The number of ether oxygens (including phenoxy) is 1. The van der Waals surface area contributed by atoms with Gasteiger partial charge in [0.25, 0.3) is 0 Å². The fourth-order valence-corrected chi connectivity index (χ4v) is 5.00. The van der Waals surface area contributed by atoms with Crippen molar-refractivity contribution in [1.82, 2.24) is 14.9 Å². The molecule has 3 aliphatic rings. The van der Waals surface area contributed by atoms with E-state index in [1.54, 1.807) is 23.0 Å². The van der Waals surface area contributed by atoms with Crippen molar-refractivity contribution >= 4 is 17.5 Å². The lowest BCUT2D eigenvalue weighted by Crippen LogP contribution is -2.44. The Hall–Kier alpha value is -2.93. The van der Waals surface area contributed by atoms with Crippen LogP contribution in [0.2, 0.25) is 0 Å². The van der Waals surface area contributed by atoms with Crippen LogP contribution in [0.25, 0.3) is 0 Å². The average molecular weight is 406 g/mol. The summed E-state index contributed by atoms with van der Waals surface area (Å²) in [5.74, 6) is -0.402. The van der Waals surface area contributed by atoms with Crippen LogP contribution in [0.3, 0.4) is 0 Å². The number of nitrogens with zero attached hydrogens (tertiary/aromatic N) is 3. The van der Waals surface area contributed by atoms with E-state index in [9.17, 15) is 9.59 Å². The Kier molecular flexibility index (Phi) is 4.15. The highest BCUT2D eigenvalue weighted by Crippen LogP contribution is 2.53. The minimum atomic E-state index is -0.719. The molecule has 2 unspecified atom stereocenters. The quantitative estimate of drug-likeness (QED) is 0.791. The standard InChI is InChI=1S/C23H26N4O3/c1-13-5-6-16(9-14(13)2)27-12-23-8-7-17(30-23)19(20(23)22(27)29)21(28)26(4)11-18-24-10-15(3)25-18/h5-10,17,19-20H,11-12H2,1-4H3,(H,24,25)/t17-,19?,20?,23-/m1/s1. The molecule has 0 radical (unpaired) electrons. The van der Waals surface area contributed by atoms with Crippen molar-refractivity contribution in [3.05, 3.63) is 59.2 Å². The van der Waals surface area contributed by atoms with Gasteiger partial charge in [0.05, 0.1) is 31.0 Å². The third-order valence-corrected chi connectivity index (χ3v) is 6.71. The van der Waals surface area contributed by atoms with E-state index in [1.807, 2.05) is 44.2 Å². The summed E-state index contributed by atoms with van der Waals surface area (Å²) in [5, 5.41) is 0. The normalized spacial score (nSPS) is 29.0. The van der Waals surface area contributed by atoms with Crippen molar-refractivity contribution in [1.29, 1.82) is 0 Å². The van der Waals surface area contributed by atoms with Gasteiger partial charge in [0, 0.05) is 24.6 Å². The first kappa shape index (κ1) is 19.1. The molecular formula is C23H26N4O3. The molecule has 5 rings (SSSR count). The van der Waals surface area contributed by atoms with Crippen LogP contribution in [0.1, 0.15) is 22.6 Å². The number of hydrogen-bond acceptors (Lipinski definition) is 4. The Morgan fingerprint density at radius 3 is 2.83 bits per heavy atom. The van der Waals surface area contributed by atoms with Crippen LogP contribution in [0.5, 0.6) is 0 Å². The fraction of sp³-hybridized carbons (Fsp3) is 0.435. The first-order valence-corrected chi connectivity index (χ1v) is 10.3. The van der Waals surface area contributed by atoms with Crippen LogP contribution in [-0.4, -0.2) is 52.0 Å². The molecule has 1 aromatic carbocycles. The molecule has 2 amide bonds. The number of aromatic amines is 1. The zero-order valence-electron chi connectivity index (χ0n) is 17.7. The van der Waals surface area contributed by atoms with Crippen LogP contribution < -0.4 is 4.90 Å². The maximum absolute atomic E-state index is 13.5. The molecule has 3 aliphatic heterocycles. The summed E-state index contributed by atoms with van der Waals surface area (Å²) in [4.78, 5) is 37.7. The van der Waals surface area contributed by atoms with Gasteiger partial charge in [-0.3, -0.25) is 9.59 Å². The highest BCUT2D eigenvalue weighted by Gasteiger charge is 2.67. The average Bonchev–Trinajstić information content (AvgIpc) is 3.45. The Labute approximate surface area is 175 Å². The molecule has 7 heteroatoms. The van der Waals surface area contributed by atoms with Gasteiger partial charge >= 0.3 is 0 Å². The SMILES string of the molecule is Cc1cnc(CN(C)C(=O)C2C3C(=O)N(c4ccc(C)c(C)c4)C[C@]34C=C[C@H]2O4)[nH]1. The van der Waals surface area contributed by atoms with E-state index in [0.717, 1.165) is 22.8 Å². The van der Waals surface area contributed by atoms with Gasteiger partial charge in [-0.1, -0.05) is 18.2 Å². The molecule has 1 aromatic heterocycles. The number of H-pyrrole nitrogens is 1. The Bertz CT molecular complexity index is 1070. The number of fused-ring (bicyclic) bond motifs is 1. The van der Waals surface area contributed by atoms with Gasteiger partial charge in [0.15, 0.2) is 0 Å². The highest BCUT2D eigenvalue weighted by atomic mass is 16.5. The molecule has 2 saturated heterocycles. The monoisotopic (exact) mass is 406 g/mol. The lowest BCUT2D eigenvalue weighted by molar-refractivity contribution is -0.139. The van der Waals surface area contributed by atoms with Gasteiger partial charge in [-0.05, 0) is 44.0 Å². The van der Waals surface area contributed by atoms with E-state index in [0.29, 0.717) is 13.1 Å². The minimum absolute atomic E-state index is 0.0364. The van der Waals surface area contributed by atoms with Gasteiger partial charge in [0.2, 0.25) is 11.8 Å². The first-order valence-electron chi connectivity index (χ1n) is 10.3. The molecule has 30 heavy (non-hydrogen) atoms. The van der Waals surface area contributed by atoms with E-state index in [-0.39, 0.29) is 17.9 Å². The number of imidazole rings is 1. The van der Waals surface area contributed by atoms with Crippen molar-refractivity contribution in [3.63, 3.8) is 0 Å². The van der Waals surface area contributed by atoms with Crippen molar-refractivity contribution < 1.29 is 14.3 Å². The summed E-state index contributed by atoms with van der Waals surface area (Å²) in [6.45, 7) is 6.83. The van der Waals surface area contributed by atoms with E-state index in [4.69, 9.17) is 4.74 Å². The van der Waals surface area contributed by atoms with Crippen molar-refractivity contribution in [2.75, 3.05) is 18.5 Å². The van der Waals surface area contributed by atoms with Gasteiger partial charge in [-0.25, -0.2) is 4.98 Å². The van der Waals surface area contributed by atoms with E-state index in [1.165, 1.54) is 5.56 Å². The van der Waals surface area contributed by atoms with Gasteiger partial charge in [-0.2, -0.15) is 0 Å². The fourth-order valence-electron chi connectivity index (χ4n) is 5.00. The zero-order valence-corrected chi connectivity index (χ0v) is 17.7. The lowest BCUT2D eigenvalue weighted by atomic mass is 9.76. The molecule has 2 aromatic rings. The van der Waals surface area contributed by atoms with Gasteiger partial charge < -0.3 is 19.5 Å². The molecule has 156 valence electrons. The number of anilines is 1. The summed E-state index contributed by atoms with van der Waals surface area (Å²) in [5.41, 5.74) is 3.41. The lowest BCUT2D eigenvalue weighted by Gasteiger charge is -2.27. The predicted molar refractivity (Wildman–Crippen MR) is 112 cm³/mol. The zero-order chi connectivity index (χ0) is 21.2. The number of carbonyl (C=O) groups is 2. The third-order valence-electron chi connectivity index (χ3n) is 6.71. The van der Waals surface area contributed by atoms with Gasteiger partial charge in [-0.15, -0.1) is 0 Å². The van der Waals surface area contributed by atoms with Crippen LogP contribution in [0, 0.1) is 32.6 Å². The number of nitrogens with one attached hydrogen (secondary N) is 1. The minimum Gasteiger partial charge on any atom is -0.360 e.